The lowest BCUT2D eigenvalue weighted by atomic mass is 9.95. The molecule has 104 valence electrons. The molecule has 3 heteroatoms. The number of anilines is 1. The number of carbonyl (C=O) groups excluding carboxylic acids is 1. The van der Waals surface area contributed by atoms with Crippen molar-refractivity contribution in [2.45, 2.75) is 20.8 Å². The lowest BCUT2D eigenvalue weighted by Gasteiger charge is -2.19. The van der Waals surface area contributed by atoms with Gasteiger partial charge in [0.1, 0.15) is 0 Å². The van der Waals surface area contributed by atoms with E-state index in [9.17, 15) is 4.79 Å². The van der Waals surface area contributed by atoms with Gasteiger partial charge >= 0.3 is 0 Å². The van der Waals surface area contributed by atoms with Crippen LogP contribution in [0.1, 0.15) is 20.8 Å². The van der Waals surface area contributed by atoms with Crippen LogP contribution >= 0.6 is 11.6 Å². The molecule has 0 atom stereocenters. The summed E-state index contributed by atoms with van der Waals surface area (Å²) in [6.07, 6.45) is 0. The van der Waals surface area contributed by atoms with E-state index >= 15 is 0 Å². The maximum absolute atomic E-state index is 12.1. The minimum Gasteiger partial charge on any atom is -0.325 e. The molecule has 1 N–H and O–H groups in total. The first-order valence-electron chi connectivity index (χ1n) is 6.54. The van der Waals surface area contributed by atoms with Crippen molar-refractivity contribution in [3.05, 3.63) is 53.6 Å². The molecule has 0 bridgehead atoms. The SMILES string of the molecule is CC(C)(C)C(=O)Nc1ccccc1-c1ccc(Cl)cc1. The number of hydrogen-bond donors (Lipinski definition) is 1. The van der Waals surface area contributed by atoms with Crippen LogP contribution in [-0.2, 0) is 4.79 Å². The topological polar surface area (TPSA) is 29.1 Å². The zero-order valence-corrected chi connectivity index (χ0v) is 12.7. The highest BCUT2D eigenvalue weighted by atomic mass is 35.5. The summed E-state index contributed by atoms with van der Waals surface area (Å²) in [7, 11) is 0. The third-order valence-corrected chi connectivity index (χ3v) is 3.26. The Morgan fingerprint density at radius 3 is 2.20 bits per heavy atom. The summed E-state index contributed by atoms with van der Waals surface area (Å²) in [4.78, 5) is 12.1. The number of nitrogens with one attached hydrogen (secondary N) is 1. The first kappa shape index (κ1) is 14.6. The molecule has 2 aromatic rings. The fourth-order valence-electron chi connectivity index (χ4n) is 1.78. The smallest absolute Gasteiger partial charge is 0.229 e. The summed E-state index contributed by atoms with van der Waals surface area (Å²) in [5.74, 6) is -0.00101. The number of rotatable bonds is 2. The van der Waals surface area contributed by atoms with Gasteiger partial charge in [0, 0.05) is 21.7 Å². The molecule has 0 heterocycles. The Morgan fingerprint density at radius 2 is 1.60 bits per heavy atom. The van der Waals surface area contributed by atoms with E-state index in [-0.39, 0.29) is 5.91 Å². The molecule has 0 radical (unpaired) electrons. The predicted octanol–water partition coefficient (Wildman–Crippen LogP) is 4.99. The molecule has 20 heavy (non-hydrogen) atoms. The van der Waals surface area contributed by atoms with E-state index in [2.05, 4.69) is 5.32 Å². The average Bonchev–Trinajstić information content (AvgIpc) is 2.39. The summed E-state index contributed by atoms with van der Waals surface area (Å²) in [5, 5.41) is 3.69. The third-order valence-electron chi connectivity index (χ3n) is 3.01. The van der Waals surface area contributed by atoms with Crippen LogP contribution in [0, 0.1) is 5.41 Å². The monoisotopic (exact) mass is 287 g/mol. The maximum Gasteiger partial charge on any atom is 0.229 e. The zero-order valence-electron chi connectivity index (χ0n) is 11.9. The van der Waals surface area contributed by atoms with Crippen LogP contribution in [0.5, 0.6) is 0 Å². The summed E-state index contributed by atoms with van der Waals surface area (Å²) >= 11 is 5.91. The van der Waals surface area contributed by atoms with Gasteiger partial charge in [0.25, 0.3) is 0 Å². The summed E-state index contributed by atoms with van der Waals surface area (Å²) in [6, 6.07) is 15.4. The second-order valence-electron chi connectivity index (χ2n) is 5.76. The minimum atomic E-state index is -0.424. The number of carbonyl (C=O) groups is 1. The van der Waals surface area contributed by atoms with Crippen LogP contribution in [0.25, 0.3) is 11.1 Å². The van der Waals surface area contributed by atoms with Gasteiger partial charge in [0.2, 0.25) is 5.91 Å². The molecule has 0 saturated heterocycles. The van der Waals surface area contributed by atoms with Crippen molar-refractivity contribution < 1.29 is 4.79 Å². The van der Waals surface area contributed by atoms with Crippen LogP contribution in [0.15, 0.2) is 48.5 Å². The molecular formula is C17H18ClNO. The Balaban J connectivity index is 2.36. The number of para-hydroxylation sites is 1. The number of benzene rings is 2. The third kappa shape index (κ3) is 3.40. The molecule has 0 aliphatic rings. The normalized spacial score (nSPS) is 11.2. The van der Waals surface area contributed by atoms with E-state index < -0.39 is 5.41 Å². The molecule has 0 aliphatic carbocycles. The predicted molar refractivity (Wildman–Crippen MR) is 85.0 cm³/mol. The highest BCUT2D eigenvalue weighted by Gasteiger charge is 2.22. The van der Waals surface area contributed by atoms with Gasteiger partial charge in [-0.3, -0.25) is 4.79 Å². The van der Waals surface area contributed by atoms with Crippen molar-refractivity contribution in [3.63, 3.8) is 0 Å². The lowest BCUT2D eigenvalue weighted by Crippen LogP contribution is -2.27. The van der Waals surface area contributed by atoms with E-state index in [1.807, 2.05) is 69.3 Å². The summed E-state index contributed by atoms with van der Waals surface area (Å²) < 4.78 is 0. The molecule has 0 saturated carbocycles. The molecular weight excluding hydrogens is 270 g/mol. The van der Waals surface area contributed by atoms with Crippen molar-refractivity contribution in [2.75, 3.05) is 5.32 Å². The van der Waals surface area contributed by atoms with Crippen LogP contribution in [-0.4, -0.2) is 5.91 Å². The van der Waals surface area contributed by atoms with Gasteiger partial charge in [-0.15, -0.1) is 0 Å². The quantitative estimate of drug-likeness (QED) is 0.828. The van der Waals surface area contributed by atoms with Crippen molar-refractivity contribution >= 4 is 23.2 Å². The van der Waals surface area contributed by atoms with Crippen LogP contribution in [0.3, 0.4) is 0 Å². The minimum absolute atomic E-state index is 0.00101. The largest absolute Gasteiger partial charge is 0.325 e. The van der Waals surface area contributed by atoms with Crippen molar-refractivity contribution in [1.29, 1.82) is 0 Å². The number of hydrogen-bond acceptors (Lipinski definition) is 1. The van der Waals surface area contributed by atoms with Gasteiger partial charge in [-0.2, -0.15) is 0 Å². The molecule has 2 aromatic carbocycles. The Bertz CT molecular complexity index is 612. The Labute approximate surface area is 124 Å². The van der Waals surface area contributed by atoms with Crippen molar-refractivity contribution in [3.8, 4) is 11.1 Å². The van der Waals surface area contributed by atoms with E-state index in [4.69, 9.17) is 11.6 Å². The standard InChI is InChI=1S/C17H18ClNO/c1-17(2,3)16(20)19-15-7-5-4-6-14(15)12-8-10-13(18)11-9-12/h4-11H,1-3H3,(H,19,20). The van der Waals surface area contributed by atoms with E-state index in [0.29, 0.717) is 5.02 Å². The second-order valence-corrected chi connectivity index (χ2v) is 6.19. The van der Waals surface area contributed by atoms with Gasteiger partial charge in [-0.1, -0.05) is 62.7 Å². The highest BCUT2D eigenvalue weighted by molar-refractivity contribution is 6.30. The number of halogens is 1. The lowest BCUT2D eigenvalue weighted by molar-refractivity contribution is -0.123. The van der Waals surface area contributed by atoms with Crippen LogP contribution < -0.4 is 5.32 Å². The maximum atomic E-state index is 12.1. The molecule has 0 spiro atoms. The highest BCUT2D eigenvalue weighted by Crippen LogP contribution is 2.30. The summed E-state index contributed by atoms with van der Waals surface area (Å²) in [6.45, 7) is 5.69. The van der Waals surface area contributed by atoms with Gasteiger partial charge < -0.3 is 5.32 Å². The first-order chi connectivity index (χ1) is 9.38. The molecule has 2 rings (SSSR count). The molecule has 2 nitrogen and oxygen atoms in total. The van der Waals surface area contributed by atoms with Gasteiger partial charge in [-0.25, -0.2) is 0 Å². The molecule has 1 amide bonds. The van der Waals surface area contributed by atoms with E-state index in [1.165, 1.54) is 0 Å². The Morgan fingerprint density at radius 1 is 1.00 bits per heavy atom. The number of amides is 1. The van der Waals surface area contributed by atoms with Gasteiger partial charge in [0.05, 0.1) is 0 Å². The molecule has 0 aliphatic heterocycles. The molecule has 0 aromatic heterocycles. The van der Waals surface area contributed by atoms with Crippen LogP contribution in [0.4, 0.5) is 5.69 Å². The summed E-state index contributed by atoms with van der Waals surface area (Å²) in [5.41, 5.74) is 2.41. The average molecular weight is 288 g/mol. The molecule has 0 unspecified atom stereocenters. The molecule has 0 fully saturated rings. The second kappa shape index (κ2) is 5.68. The van der Waals surface area contributed by atoms with Gasteiger partial charge in [0.15, 0.2) is 0 Å². The Hall–Kier alpha value is -1.80. The van der Waals surface area contributed by atoms with Crippen molar-refractivity contribution in [2.24, 2.45) is 5.41 Å². The van der Waals surface area contributed by atoms with E-state index in [1.54, 1.807) is 0 Å². The fraction of sp³-hybridized carbons (Fsp3) is 0.235. The van der Waals surface area contributed by atoms with Crippen molar-refractivity contribution in [1.82, 2.24) is 0 Å². The first-order valence-corrected chi connectivity index (χ1v) is 6.92. The Kier molecular flexibility index (Phi) is 4.15. The van der Waals surface area contributed by atoms with Crippen LogP contribution in [0.2, 0.25) is 5.02 Å². The zero-order chi connectivity index (χ0) is 14.8. The van der Waals surface area contributed by atoms with Gasteiger partial charge in [-0.05, 0) is 23.8 Å². The van der Waals surface area contributed by atoms with E-state index in [0.717, 1.165) is 16.8 Å². The fourth-order valence-corrected chi connectivity index (χ4v) is 1.91.